The first-order valence-corrected chi connectivity index (χ1v) is 41.2. The Morgan fingerprint density at radius 3 is 1.08 bits per heavy atom. The normalized spacial score (nSPS) is 12.0. The lowest BCUT2D eigenvalue weighted by molar-refractivity contribution is -0.120. The quantitative estimate of drug-likeness (QED) is 0.0184. The molecule has 1 rings (SSSR count). The zero-order chi connectivity index (χ0) is 81.2. The molecule has 1 aliphatic heterocycles. The largest absolute Gasteiger partial charge is 0.444 e. The summed E-state index contributed by atoms with van der Waals surface area (Å²) in [5.74, 6) is 0.941. The van der Waals surface area contributed by atoms with Crippen molar-refractivity contribution in [3.8, 4) is 0 Å². The van der Waals surface area contributed by atoms with Gasteiger partial charge in [-0.15, -0.1) is 11.8 Å². The number of primary amides is 1. The van der Waals surface area contributed by atoms with Gasteiger partial charge in [0.15, 0.2) is 0 Å². The number of Topliss-reactive ketones (excluding diaryl/α,β-unsaturated/α-hetero) is 1. The Morgan fingerprint density at radius 1 is 0.467 bits per heavy atom. The summed E-state index contributed by atoms with van der Waals surface area (Å²) in [5.41, 5.74) is 9.46. The topological polar surface area (TPSA) is 406 Å². The first kappa shape index (κ1) is 115. The lowest BCUT2D eigenvalue weighted by Crippen LogP contribution is -2.41. The highest BCUT2D eigenvalue weighted by Crippen LogP contribution is 2.12. The second-order valence-corrected chi connectivity index (χ2v) is 27.0. The standard InChI is InChI=1S/C26H53N3O5S.C11H23NO5.C11H23NO4.C10H20BrNO4.C6H15NO3.C5H11NOS.C4H8O/c1-3-4-5-6-7-8-9-10-11-12-13-14-16-32-18-20-34-21-19-33-17-15-29-25(30)23-35-22-24(28-2)26(27)31;1-11(2,3)17-10(14)12-4-6-15-8-9-16-7-5-13;1-5-14-8-9-15-7-6-12-10(13)16-11(2,3)4;1-2-14-5-6-16-8-7-15-4-3-12-10(13)9-11;7-1-3-9-5-6-10-4-2-8;1-4(7)5(3-8)6-2;1-2-4-5-3-1/h24,28H,3-23H2,1-2H3,(H2,27,31)(H,29,30);13H,4-9H2,1-3H3,(H,12,14);5-9H2,1-4H3,(H,12,13);2-9H2,1H3,(H,12,13);8H,1-7H2;5-6,8H,3H2,1-2H3;1-4H2. The highest BCUT2D eigenvalue weighted by Gasteiger charge is 2.17. The maximum Gasteiger partial charge on any atom is 0.407 e. The van der Waals surface area contributed by atoms with Crippen LogP contribution in [0.1, 0.15) is 159 Å². The summed E-state index contributed by atoms with van der Waals surface area (Å²) in [6.45, 7) is 36.0. The molecular weight excluding hydrogens is 1500 g/mol. The van der Waals surface area contributed by atoms with E-state index in [2.05, 4.69) is 67.4 Å². The molecular formula is C73H153BrN8O23S2. The molecule has 0 aromatic carbocycles. The molecule has 2 atom stereocenters. The van der Waals surface area contributed by atoms with Gasteiger partial charge in [0.2, 0.25) is 17.7 Å². The molecule has 2 unspecified atom stereocenters. The van der Waals surface area contributed by atoms with Crippen LogP contribution in [0.3, 0.4) is 0 Å². The van der Waals surface area contributed by atoms with Crippen LogP contribution in [0.2, 0.25) is 0 Å². The van der Waals surface area contributed by atoms with Gasteiger partial charge in [0, 0.05) is 77.3 Å². The molecule has 0 saturated carbocycles. The third-order valence-electron chi connectivity index (χ3n) is 13.0. The average molecular weight is 1660 g/mol. The number of thiol groups is 1. The summed E-state index contributed by atoms with van der Waals surface area (Å²) < 4.78 is 77.6. The van der Waals surface area contributed by atoms with Crippen molar-refractivity contribution in [3.63, 3.8) is 0 Å². The average Bonchev–Trinajstić information content (AvgIpc) is 1.51. The predicted octanol–water partition coefficient (Wildman–Crippen LogP) is 6.19. The molecule has 642 valence electrons. The van der Waals surface area contributed by atoms with Gasteiger partial charge in [-0.1, -0.05) is 93.5 Å². The van der Waals surface area contributed by atoms with Crippen LogP contribution in [-0.2, 0) is 90.2 Å². The number of carbonyl (C=O) groups is 6. The number of halogens is 1. The van der Waals surface area contributed by atoms with Gasteiger partial charge in [-0.2, -0.15) is 12.6 Å². The predicted molar refractivity (Wildman–Crippen MR) is 431 cm³/mol. The van der Waals surface area contributed by atoms with Crippen LogP contribution in [0.4, 0.5) is 9.59 Å². The highest BCUT2D eigenvalue weighted by atomic mass is 79.9. The molecule has 0 aromatic heterocycles. The number of rotatable bonds is 64. The van der Waals surface area contributed by atoms with Crippen LogP contribution >= 0.6 is 40.3 Å². The number of nitrogens with one attached hydrogen (secondary N) is 6. The molecule has 0 radical (unpaired) electrons. The van der Waals surface area contributed by atoms with Gasteiger partial charge in [0.1, 0.15) is 17.0 Å². The van der Waals surface area contributed by atoms with Crippen LogP contribution in [0.15, 0.2) is 0 Å². The van der Waals surface area contributed by atoms with E-state index in [1.165, 1.54) is 95.2 Å². The molecule has 0 aliphatic carbocycles. The zero-order valence-corrected chi connectivity index (χ0v) is 71.4. The number of aliphatic hydroxyl groups is 2. The maximum atomic E-state index is 11.7. The number of hydrogen-bond acceptors (Lipinski definition) is 28. The summed E-state index contributed by atoms with van der Waals surface area (Å²) >= 11 is 8.37. The fraction of sp³-hybridized carbons (Fsp3) is 0.918. The van der Waals surface area contributed by atoms with Crippen LogP contribution < -0.4 is 43.4 Å². The minimum atomic E-state index is -0.483. The van der Waals surface area contributed by atoms with Crippen LogP contribution in [-0.4, -0.2) is 324 Å². The fourth-order valence-corrected chi connectivity index (χ4v) is 9.21. The smallest absolute Gasteiger partial charge is 0.407 e. The number of likely N-dealkylation sites (N-methyl/N-ethyl adjacent to an activating group) is 2. The number of thioether (sulfide) groups is 1. The lowest BCUT2D eigenvalue weighted by atomic mass is 10.1. The van der Waals surface area contributed by atoms with Gasteiger partial charge in [-0.25, -0.2) is 9.59 Å². The van der Waals surface area contributed by atoms with Crippen molar-refractivity contribution in [1.82, 2.24) is 31.9 Å². The Balaban J connectivity index is -0.000000301. The summed E-state index contributed by atoms with van der Waals surface area (Å²) in [5, 5.41) is 33.3. The summed E-state index contributed by atoms with van der Waals surface area (Å²) in [7, 11) is 3.42. The number of aliphatic hydroxyl groups excluding tert-OH is 2. The molecule has 5 amide bonds. The van der Waals surface area contributed by atoms with Gasteiger partial charge in [0.25, 0.3) is 0 Å². The Morgan fingerprint density at radius 2 is 0.794 bits per heavy atom. The number of ether oxygens (including phenoxy) is 15. The van der Waals surface area contributed by atoms with E-state index in [4.69, 9.17) is 92.7 Å². The van der Waals surface area contributed by atoms with Gasteiger partial charge in [-0.05, 0) is 95.7 Å². The van der Waals surface area contributed by atoms with Gasteiger partial charge in [0.05, 0.1) is 175 Å². The van der Waals surface area contributed by atoms with E-state index in [1.807, 2.05) is 55.4 Å². The van der Waals surface area contributed by atoms with Crippen molar-refractivity contribution in [1.29, 1.82) is 0 Å². The van der Waals surface area contributed by atoms with Crippen molar-refractivity contribution < 1.29 is 110 Å². The fourth-order valence-electron chi connectivity index (χ4n) is 7.60. The summed E-state index contributed by atoms with van der Waals surface area (Å²) in [6.07, 6.45) is 17.9. The first-order chi connectivity index (χ1) is 51.5. The molecule has 0 bridgehead atoms. The number of carbonyl (C=O) groups excluding carboxylic acids is 6. The van der Waals surface area contributed by atoms with Crippen molar-refractivity contribution in [2.75, 3.05) is 254 Å². The molecule has 1 heterocycles. The highest BCUT2D eigenvalue weighted by molar-refractivity contribution is 9.09. The molecule has 1 aliphatic rings. The second kappa shape index (κ2) is 95.5. The number of alkyl halides is 1. The monoisotopic (exact) mass is 1650 g/mol. The van der Waals surface area contributed by atoms with E-state index in [-0.39, 0.29) is 42.6 Å². The number of nitrogens with two attached hydrogens (primary N) is 2. The van der Waals surface area contributed by atoms with E-state index in [0.717, 1.165) is 26.2 Å². The molecule has 34 heteroatoms. The molecule has 1 saturated heterocycles. The van der Waals surface area contributed by atoms with Gasteiger partial charge >= 0.3 is 12.2 Å². The van der Waals surface area contributed by atoms with Crippen molar-refractivity contribution >= 4 is 76.0 Å². The van der Waals surface area contributed by atoms with E-state index in [9.17, 15) is 28.8 Å². The molecule has 0 aromatic rings. The molecule has 0 spiro atoms. The Kier molecular flexibility index (Phi) is 103. The van der Waals surface area contributed by atoms with Crippen LogP contribution in [0.5, 0.6) is 0 Å². The Bertz CT molecular complexity index is 1850. The Labute approximate surface area is 662 Å². The van der Waals surface area contributed by atoms with Crippen molar-refractivity contribution in [2.45, 2.75) is 182 Å². The summed E-state index contributed by atoms with van der Waals surface area (Å²) in [6, 6.07) is -0.491. The van der Waals surface area contributed by atoms with Gasteiger partial charge in [-0.3, -0.25) is 19.2 Å². The van der Waals surface area contributed by atoms with Crippen molar-refractivity contribution in [2.24, 2.45) is 11.5 Å². The lowest BCUT2D eigenvalue weighted by Gasteiger charge is -2.19. The maximum absolute atomic E-state index is 11.7. The first-order valence-electron chi connectivity index (χ1n) is 38.3. The second-order valence-electron chi connectivity index (χ2n) is 25.0. The van der Waals surface area contributed by atoms with Gasteiger partial charge < -0.3 is 125 Å². The molecule has 1 fully saturated rings. The zero-order valence-electron chi connectivity index (χ0n) is 68.1. The molecule has 107 heavy (non-hydrogen) atoms. The number of amides is 5. The van der Waals surface area contributed by atoms with Crippen LogP contribution in [0.25, 0.3) is 0 Å². The number of unbranched alkanes of at least 4 members (excludes halogenated alkanes) is 11. The van der Waals surface area contributed by atoms with E-state index < -0.39 is 35.3 Å². The molecule has 31 nitrogen and oxygen atoms in total. The minimum Gasteiger partial charge on any atom is -0.444 e. The molecule has 12 N–H and O–H groups in total. The number of hydrogen-bond donors (Lipinski definition) is 11. The third kappa shape index (κ3) is 114. The Hall–Kier alpha value is -2.92. The van der Waals surface area contributed by atoms with E-state index in [1.54, 1.807) is 21.0 Å². The summed E-state index contributed by atoms with van der Waals surface area (Å²) in [4.78, 5) is 66.5. The van der Waals surface area contributed by atoms with Crippen LogP contribution in [0, 0.1) is 0 Å². The number of ketones is 1. The van der Waals surface area contributed by atoms with E-state index in [0.29, 0.717) is 202 Å². The van der Waals surface area contributed by atoms with Crippen molar-refractivity contribution in [3.05, 3.63) is 0 Å². The SMILES string of the molecule is C1CCOC1.CC(C)(C)OC(=O)NCCOCCOCCO.CCCCCCCCCCCCCCOCCOCCOCCNC(=O)CSCC(NC)C(N)=O.CCOCCOCCNC(=O)OC(C)(C)C.CCOCCOCCOCCNC(=O)CBr.CNC(CS)C(C)=O.NCCOCCOCCO. The number of alkyl carbamates (subject to hydrolysis) is 2. The van der Waals surface area contributed by atoms with E-state index >= 15 is 0 Å². The third-order valence-corrected chi connectivity index (χ3v) is 14.9. The minimum absolute atomic E-state index is 0.0141.